The van der Waals surface area contributed by atoms with E-state index in [1.165, 1.54) is 38.2 Å². The van der Waals surface area contributed by atoms with Crippen LogP contribution in [0.25, 0.3) is 6.08 Å². The maximum atomic E-state index is 12.9. The number of carbonyl (C=O) groups excluding carboxylic acids is 3. The van der Waals surface area contributed by atoms with Gasteiger partial charge in [-0.25, -0.2) is 9.69 Å². The molecular formula is C22H22N2O4S. The van der Waals surface area contributed by atoms with Crippen molar-refractivity contribution in [2.24, 2.45) is 0 Å². The van der Waals surface area contributed by atoms with Crippen LogP contribution in [-0.2, 0) is 9.59 Å². The molecule has 0 spiro atoms. The van der Waals surface area contributed by atoms with Crippen LogP contribution >= 0.6 is 11.8 Å². The molecule has 1 N–H and O–H groups in total. The number of urea groups is 1. The minimum absolute atomic E-state index is 0.131. The highest BCUT2D eigenvalue weighted by molar-refractivity contribution is 7.99. The van der Waals surface area contributed by atoms with Crippen LogP contribution in [0, 0.1) is 6.92 Å². The molecule has 1 saturated heterocycles. The number of barbiturate groups is 1. The molecule has 1 aliphatic carbocycles. The highest BCUT2D eigenvalue weighted by Gasteiger charge is 2.37. The lowest BCUT2D eigenvalue weighted by Gasteiger charge is -2.26. The number of aryl methyl sites for hydroxylation is 1. The fraction of sp³-hybridized carbons (Fsp3) is 0.318. The number of hydrogen-bond donors (Lipinski definition) is 1. The molecule has 150 valence electrons. The number of thioether (sulfide) groups is 1. The summed E-state index contributed by atoms with van der Waals surface area (Å²) in [6, 6.07) is 9.80. The highest BCUT2D eigenvalue weighted by Crippen LogP contribution is 2.35. The molecule has 29 heavy (non-hydrogen) atoms. The smallest absolute Gasteiger partial charge is 0.335 e. The van der Waals surface area contributed by atoms with Crippen molar-refractivity contribution in [2.45, 2.75) is 49.4 Å². The zero-order valence-electron chi connectivity index (χ0n) is 16.1. The summed E-state index contributed by atoms with van der Waals surface area (Å²) in [6.07, 6.45) is 7.53. The van der Waals surface area contributed by atoms with E-state index >= 15 is 0 Å². The summed E-state index contributed by atoms with van der Waals surface area (Å²) in [4.78, 5) is 38.4. The van der Waals surface area contributed by atoms with Crippen molar-refractivity contribution in [3.05, 3.63) is 53.3 Å². The molecule has 6 nitrogen and oxygen atoms in total. The van der Waals surface area contributed by atoms with Gasteiger partial charge in [-0.15, -0.1) is 0 Å². The van der Waals surface area contributed by atoms with Crippen LogP contribution in [0.15, 0.2) is 51.5 Å². The molecule has 7 heteroatoms. The molecule has 2 aromatic rings. The van der Waals surface area contributed by atoms with E-state index < -0.39 is 17.8 Å². The number of rotatable bonds is 4. The Hall–Kier alpha value is -2.80. The van der Waals surface area contributed by atoms with Crippen LogP contribution in [0.5, 0.6) is 0 Å². The second kappa shape index (κ2) is 8.29. The molecular weight excluding hydrogens is 388 g/mol. The first kappa shape index (κ1) is 19.5. The summed E-state index contributed by atoms with van der Waals surface area (Å²) in [5, 5.41) is 3.55. The van der Waals surface area contributed by atoms with Crippen molar-refractivity contribution < 1.29 is 18.8 Å². The third-order valence-corrected chi connectivity index (χ3v) is 6.37. The predicted molar refractivity (Wildman–Crippen MR) is 112 cm³/mol. The lowest BCUT2D eigenvalue weighted by atomic mass is 10.0. The summed E-state index contributed by atoms with van der Waals surface area (Å²) >= 11 is 1.70. The van der Waals surface area contributed by atoms with E-state index in [0.29, 0.717) is 16.7 Å². The summed E-state index contributed by atoms with van der Waals surface area (Å²) < 4.78 is 5.82. The van der Waals surface area contributed by atoms with Crippen LogP contribution in [0.2, 0.25) is 0 Å². The zero-order chi connectivity index (χ0) is 20.4. The molecule has 4 amide bonds. The summed E-state index contributed by atoms with van der Waals surface area (Å²) in [5.74, 6) is -0.971. The lowest BCUT2D eigenvalue weighted by molar-refractivity contribution is -0.122. The zero-order valence-corrected chi connectivity index (χ0v) is 17.0. The van der Waals surface area contributed by atoms with Gasteiger partial charge >= 0.3 is 6.03 Å². The third-order valence-electron chi connectivity index (χ3n) is 5.12. The number of hydrogen-bond acceptors (Lipinski definition) is 5. The quantitative estimate of drug-likeness (QED) is 0.585. The van der Waals surface area contributed by atoms with Gasteiger partial charge in [-0.2, -0.15) is 0 Å². The van der Waals surface area contributed by atoms with E-state index in [1.807, 2.05) is 13.0 Å². The fourth-order valence-corrected chi connectivity index (χ4v) is 4.74. The van der Waals surface area contributed by atoms with Crippen molar-refractivity contribution in [3.8, 4) is 0 Å². The molecule has 0 bridgehead atoms. The molecule has 0 unspecified atom stereocenters. The molecule has 0 atom stereocenters. The van der Waals surface area contributed by atoms with Gasteiger partial charge in [0.2, 0.25) is 0 Å². The van der Waals surface area contributed by atoms with Gasteiger partial charge in [-0.05, 0) is 50.1 Å². The second-order valence-electron chi connectivity index (χ2n) is 7.33. The van der Waals surface area contributed by atoms with Gasteiger partial charge in [-0.1, -0.05) is 48.7 Å². The van der Waals surface area contributed by atoms with Gasteiger partial charge in [0.25, 0.3) is 11.8 Å². The van der Waals surface area contributed by atoms with E-state index in [9.17, 15) is 14.4 Å². The molecule has 1 aromatic carbocycles. The number of carbonyl (C=O) groups is 3. The minimum Gasteiger partial charge on any atom is -0.450 e. The van der Waals surface area contributed by atoms with E-state index in [1.54, 1.807) is 42.1 Å². The normalized spacial score (nSPS) is 19.7. The van der Waals surface area contributed by atoms with Gasteiger partial charge in [-0.3, -0.25) is 14.9 Å². The van der Waals surface area contributed by atoms with Crippen molar-refractivity contribution in [1.82, 2.24) is 5.32 Å². The van der Waals surface area contributed by atoms with Gasteiger partial charge in [0.15, 0.2) is 5.09 Å². The van der Waals surface area contributed by atoms with Crippen LogP contribution in [0.3, 0.4) is 0 Å². The Balaban J connectivity index is 1.55. The Labute approximate surface area is 173 Å². The molecule has 1 saturated carbocycles. The van der Waals surface area contributed by atoms with Crippen molar-refractivity contribution in [3.63, 3.8) is 0 Å². The average molecular weight is 410 g/mol. The number of nitrogens with zero attached hydrogens (tertiary/aromatic N) is 1. The minimum atomic E-state index is -0.756. The molecule has 2 aliphatic rings. The molecule has 4 rings (SSSR count). The molecule has 1 aliphatic heterocycles. The summed E-state index contributed by atoms with van der Waals surface area (Å²) in [6.45, 7) is 1.91. The van der Waals surface area contributed by atoms with Crippen molar-refractivity contribution in [1.29, 1.82) is 0 Å². The van der Waals surface area contributed by atoms with Crippen LogP contribution < -0.4 is 10.2 Å². The van der Waals surface area contributed by atoms with E-state index in [0.717, 1.165) is 15.6 Å². The molecule has 2 heterocycles. The number of imide groups is 2. The van der Waals surface area contributed by atoms with Crippen LogP contribution in [0.1, 0.15) is 43.4 Å². The van der Waals surface area contributed by atoms with Gasteiger partial charge in [0, 0.05) is 5.25 Å². The van der Waals surface area contributed by atoms with Crippen molar-refractivity contribution >= 4 is 41.4 Å². The Morgan fingerprint density at radius 3 is 2.48 bits per heavy atom. The average Bonchev–Trinajstić information content (AvgIpc) is 3.14. The van der Waals surface area contributed by atoms with E-state index in [2.05, 4.69) is 5.32 Å². The first-order valence-electron chi connectivity index (χ1n) is 9.76. The molecule has 2 fully saturated rings. The maximum absolute atomic E-state index is 12.9. The topological polar surface area (TPSA) is 79.6 Å². The van der Waals surface area contributed by atoms with Crippen molar-refractivity contribution in [2.75, 3.05) is 4.90 Å². The Morgan fingerprint density at radius 1 is 1.03 bits per heavy atom. The van der Waals surface area contributed by atoms with E-state index in [-0.39, 0.29) is 5.57 Å². The fourth-order valence-electron chi connectivity index (χ4n) is 3.55. The van der Waals surface area contributed by atoms with E-state index in [4.69, 9.17) is 4.42 Å². The van der Waals surface area contributed by atoms with Gasteiger partial charge in [0.1, 0.15) is 11.3 Å². The van der Waals surface area contributed by atoms with Gasteiger partial charge in [0.05, 0.1) is 5.69 Å². The standard InChI is InChI=1S/C22H22N2O4S/c1-14-7-9-15(10-8-14)24-21(26)18(20(25)23-22(24)27)13-16-11-12-19(28-16)29-17-5-3-2-4-6-17/h7-13,17H,2-6H2,1H3,(H,23,25,27)/b18-13-. The number of furan rings is 1. The third kappa shape index (κ3) is 4.29. The predicted octanol–water partition coefficient (Wildman–Crippen LogP) is 4.68. The lowest BCUT2D eigenvalue weighted by Crippen LogP contribution is -2.54. The first-order valence-corrected chi connectivity index (χ1v) is 10.6. The second-order valence-corrected chi connectivity index (χ2v) is 8.63. The monoisotopic (exact) mass is 410 g/mol. The van der Waals surface area contributed by atoms with Crippen LogP contribution in [-0.4, -0.2) is 23.1 Å². The Kier molecular flexibility index (Phi) is 5.58. The Morgan fingerprint density at radius 2 is 1.76 bits per heavy atom. The highest BCUT2D eigenvalue weighted by atomic mass is 32.2. The summed E-state index contributed by atoms with van der Waals surface area (Å²) in [7, 11) is 0. The number of nitrogens with one attached hydrogen (secondary N) is 1. The Bertz CT molecular complexity index is 971. The maximum Gasteiger partial charge on any atom is 0.335 e. The largest absolute Gasteiger partial charge is 0.450 e. The summed E-state index contributed by atoms with van der Waals surface area (Å²) in [5.41, 5.74) is 1.28. The molecule has 1 aromatic heterocycles. The van der Waals surface area contributed by atoms with Crippen LogP contribution in [0.4, 0.5) is 10.5 Å². The molecule has 0 radical (unpaired) electrons. The van der Waals surface area contributed by atoms with Gasteiger partial charge < -0.3 is 4.42 Å². The number of anilines is 1. The SMILES string of the molecule is Cc1ccc(N2C(=O)NC(=O)/C(=C/c3ccc(SC4CCCCC4)o3)C2=O)cc1. The number of amides is 4. The number of benzene rings is 1. The first-order chi connectivity index (χ1) is 14.0.